The minimum Gasteiger partial charge on any atom is -0.496 e. The maximum Gasteiger partial charge on any atom is 0.328 e. The number of azide groups is 1. The summed E-state index contributed by atoms with van der Waals surface area (Å²) >= 11 is 0. The number of nitrogens with zero attached hydrogens (tertiary/aromatic N) is 3. The Morgan fingerprint density at radius 2 is 2.25 bits per heavy atom. The second-order valence-corrected chi connectivity index (χ2v) is 4.37. The minimum atomic E-state index is -1.26. The SMILES string of the molecule is COc1ccccc1C(C)(NCCCN=[N+]=[N-])C(=O)O. The summed E-state index contributed by atoms with van der Waals surface area (Å²) in [6.45, 7) is 2.33. The lowest BCUT2D eigenvalue weighted by atomic mass is 9.91. The molecule has 2 N–H and O–H groups in total. The quantitative estimate of drug-likeness (QED) is 0.329. The molecule has 20 heavy (non-hydrogen) atoms. The summed E-state index contributed by atoms with van der Waals surface area (Å²) in [5.41, 5.74) is 7.48. The highest BCUT2D eigenvalue weighted by Crippen LogP contribution is 2.30. The van der Waals surface area contributed by atoms with Gasteiger partial charge in [-0.05, 0) is 31.5 Å². The lowest BCUT2D eigenvalue weighted by Gasteiger charge is -2.28. The third-order valence-electron chi connectivity index (χ3n) is 3.05. The van der Waals surface area contributed by atoms with Crippen LogP contribution < -0.4 is 10.1 Å². The zero-order valence-corrected chi connectivity index (χ0v) is 11.5. The smallest absolute Gasteiger partial charge is 0.328 e. The van der Waals surface area contributed by atoms with Gasteiger partial charge in [-0.3, -0.25) is 5.32 Å². The van der Waals surface area contributed by atoms with Gasteiger partial charge in [-0.25, -0.2) is 4.79 Å². The molecular formula is C13H18N4O3. The fourth-order valence-corrected chi connectivity index (χ4v) is 1.88. The van der Waals surface area contributed by atoms with Crippen LogP contribution in [-0.4, -0.2) is 31.3 Å². The van der Waals surface area contributed by atoms with Crippen LogP contribution in [0.25, 0.3) is 10.4 Å². The van der Waals surface area contributed by atoms with Crippen molar-refractivity contribution in [2.45, 2.75) is 18.9 Å². The predicted molar refractivity (Wildman–Crippen MR) is 74.6 cm³/mol. The fourth-order valence-electron chi connectivity index (χ4n) is 1.88. The number of hydrogen-bond acceptors (Lipinski definition) is 4. The van der Waals surface area contributed by atoms with Gasteiger partial charge in [-0.1, -0.05) is 23.3 Å². The Labute approximate surface area is 117 Å². The molecule has 0 heterocycles. The molecule has 1 atom stereocenters. The first-order valence-electron chi connectivity index (χ1n) is 6.19. The lowest BCUT2D eigenvalue weighted by Crippen LogP contribution is -2.47. The van der Waals surface area contributed by atoms with Crippen molar-refractivity contribution in [1.82, 2.24) is 5.32 Å². The summed E-state index contributed by atoms with van der Waals surface area (Å²) in [5, 5.41) is 15.9. The van der Waals surface area contributed by atoms with Crippen LogP contribution in [0.1, 0.15) is 18.9 Å². The Bertz CT molecular complexity index is 514. The van der Waals surface area contributed by atoms with Gasteiger partial charge in [-0.2, -0.15) is 0 Å². The predicted octanol–water partition coefficient (Wildman–Crippen LogP) is 2.28. The maximum absolute atomic E-state index is 11.6. The van der Waals surface area contributed by atoms with E-state index in [9.17, 15) is 9.90 Å². The Kier molecular flexibility index (Phi) is 5.83. The number of nitrogens with one attached hydrogen (secondary N) is 1. The van der Waals surface area contributed by atoms with Gasteiger partial charge in [0.2, 0.25) is 0 Å². The largest absolute Gasteiger partial charge is 0.496 e. The number of methoxy groups -OCH3 is 1. The highest BCUT2D eigenvalue weighted by molar-refractivity contribution is 5.81. The van der Waals surface area contributed by atoms with E-state index in [-0.39, 0.29) is 0 Å². The average molecular weight is 278 g/mol. The van der Waals surface area contributed by atoms with Crippen LogP contribution in [0.3, 0.4) is 0 Å². The average Bonchev–Trinajstić information content (AvgIpc) is 2.46. The van der Waals surface area contributed by atoms with Gasteiger partial charge in [0, 0.05) is 17.0 Å². The molecule has 1 aromatic carbocycles. The van der Waals surface area contributed by atoms with E-state index in [0.717, 1.165) is 0 Å². The molecule has 0 amide bonds. The zero-order valence-electron chi connectivity index (χ0n) is 11.5. The normalized spacial score (nSPS) is 13.1. The molecule has 0 saturated heterocycles. The molecule has 1 aromatic rings. The molecule has 0 aliphatic heterocycles. The molecule has 0 spiro atoms. The number of hydrogen-bond donors (Lipinski definition) is 2. The zero-order chi connectivity index (χ0) is 15.0. The number of aliphatic carboxylic acids is 1. The monoisotopic (exact) mass is 278 g/mol. The van der Waals surface area contributed by atoms with E-state index in [4.69, 9.17) is 10.3 Å². The van der Waals surface area contributed by atoms with E-state index in [1.54, 1.807) is 31.2 Å². The topological polar surface area (TPSA) is 107 Å². The summed E-state index contributed by atoms with van der Waals surface area (Å²) in [7, 11) is 1.50. The molecule has 0 bridgehead atoms. The fraction of sp³-hybridized carbons (Fsp3) is 0.462. The van der Waals surface area contributed by atoms with Crippen molar-refractivity contribution < 1.29 is 14.6 Å². The van der Waals surface area contributed by atoms with E-state index in [2.05, 4.69) is 15.3 Å². The van der Waals surface area contributed by atoms with Crippen LogP contribution in [0.5, 0.6) is 5.75 Å². The van der Waals surface area contributed by atoms with Crippen molar-refractivity contribution in [2.75, 3.05) is 20.2 Å². The molecule has 7 heteroatoms. The summed E-state index contributed by atoms with van der Waals surface area (Å²) in [4.78, 5) is 14.3. The minimum absolute atomic E-state index is 0.325. The first-order chi connectivity index (χ1) is 9.56. The van der Waals surface area contributed by atoms with Gasteiger partial charge >= 0.3 is 5.97 Å². The molecule has 0 saturated carbocycles. The number of benzene rings is 1. The maximum atomic E-state index is 11.6. The highest BCUT2D eigenvalue weighted by Gasteiger charge is 2.36. The van der Waals surface area contributed by atoms with Crippen molar-refractivity contribution in [3.05, 3.63) is 40.3 Å². The molecule has 0 aliphatic carbocycles. The van der Waals surface area contributed by atoms with Crippen LogP contribution in [0.4, 0.5) is 0 Å². The number of carboxylic acids is 1. The standard InChI is InChI=1S/C13H18N4O3/c1-13(12(18)19,15-8-5-9-16-17-14)10-6-3-4-7-11(10)20-2/h3-4,6-7,15H,5,8-9H2,1-2H3,(H,18,19). The van der Waals surface area contributed by atoms with E-state index < -0.39 is 11.5 Å². The third kappa shape index (κ3) is 3.63. The molecule has 1 unspecified atom stereocenters. The van der Waals surface area contributed by atoms with Gasteiger partial charge < -0.3 is 9.84 Å². The Hall–Kier alpha value is -2.24. The highest BCUT2D eigenvalue weighted by atomic mass is 16.5. The molecular weight excluding hydrogens is 260 g/mol. The molecule has 0 fully saturated rings. The van der Waals surface area contributed by atoms with Gasteiger partial charge in [0.05, 0.1) is 7.11 Å². The van der Waals surface area contributed by atoms with Crippen LogP contribution >= 0.6 is 0 Å². The molecule has 1 rings (SSSR count). The Balaban J connectivity index is 2.91. The molecule has 7 nitrogen and oxygen atoms in total. The second-order valence-electron chi connectivity index (χ2n) is 4.37. The number of carboxylic acid groups (broad SMARTS) is 1. The van der Waals surface area contributed by atoms with E-state index in [0.29, 0.717) is 30.8 Å². The van der Waals surface area contributed by atoms with Crippen LogP contribution in [0.15, 0.2) is 29.4 Å². The van der Waals surface area contributed by atoms with E-state index >= 15 is 0 Å². The summed E-state index contributed by atoms with van der Waals surface area (Å²) < 4.78 is 5.22. The number of ether oxygens (including phenoxy) is 1. The van der Waals surface area contributed by atoms with Crippen molar-refractivity contribution >= 4 is 5.97 Å². The molecule has 0 aromatic heterocycles. The molecule has 0 radical (unpaired) electrons. The Morgan fingerprint density at radius 3 is 2.85 bits per heavy atom. The number of para-hydroxylation sites is 1. The molecule has 0 aliphatic rings. The van der Waals surface area contributed by atoms with E-state index in [1.807, 2.05) is 0 Å². The van der Waals surface area contributed by atoms with Crippen LogP contribution in [-0.2, 0) is 10.3 Å². The second kappa shape index (κ2) is 7.37. The summed E-state index contributed by atoms with van der Waals surface area (Å²) in [6, 6.07) is 6.98. The van der Waals surface area contributed by atoms with Crippen molar-refractivity contribution in [2.24, 2.45) is 5.11 Å². The summed E-state index contributed by atoms with van der Waals surface area (Å²) in [6.07, 6.45) is 0.558. The van der Waals surface area contributed by atoms with Gasteiger partial charge in [0.25, 0.3) is 0 Å². The van der Waals surface area contributed by atoms with Gasteiger partial charge in [0.15, 0.2) is 0 Å². The van der Waals surface area contributed by atoms with Crippen LogP contribution in [0.2, 0.25) is 0 Å². The first-order valence-corrected chi connectivity index (χ1v) is 6.19. The van der Waals surface area contributed by atoms with Crippen molar-refractivity contribution in [3.63, 3.8) is 0 Å². The van der Waals surface area contributed by atoms with Crippen molar-refractivity contribution in [1.29, 1.82) is 0 Å². The third-order valence-corrected chi connectivity index (χ3v) is 3.05. The number of carbonyl (C=O) groups is 1. The number of rotatable bonds is 8. The lowest BCUT2D eigenvalue weighted by molar-refractivity contribution is -0.144. The first kappa shape index (κ1) is 15.8. The van der Waals surface area contributed by atoms with Gasteiger partial charge in [0.1, 0.15) is 11.3 Å². The molecule has 108 valence electrons. The van der Waals surface area contributed by atoms with Crippen LogP contribution in [0, 0.1) is 0 Å². The Morgan fingerprint density at radius 1 is 1.55 bits per heavy atom. The van der Waals surface area contributed by atoms with Crippen molar-refractivity contribution in [3.8, 4) is 5.75 Å². The summed E-state index contributed by atoms with van der Waals surface area (Å²) in [5.74, 6) is -0.481. The van der Waals surface area contributed by atoms with E-state index in [1.165, 1.54) is 7.11 Å². The van der Waals surface area contributed by atoms with Gasteiger partial charge in [-0.15, -0.1) is 0 Å².